The molecule has 0 aliphatic rings. The van der Waals surface area contributed by atoms with Gasteiger partial charge in [0.25, 0.3) is 11.8 Å². The lowest BCUT2D eigenvalue weighted by molar-refractivity contribution is 0.0953. The molecule has 0 atom stereocenters. The summed E-state index contributed by atoms with van der Waals surface area (Å²) in [4.78, 5) is 28.9. The van der Waals surface area contributed by atoms with Crippen molar-refractivity contribution in [3.05, 3.63) is 94.2 Å². The van der Waals surface area contributed by atoms with Crippen LogP contribution in [0, 0.1) is 6.92 Å². The van der Waals surface area contributed by atoms with Gasteiger partial charge in [-0.1, -0.05) is 24.3 Å². The summed E-state index contributed by atoms with van der Waals surface area (Å²) in [6, 6.07) is 18.2. The van der Waals surface area contributed by atoms with Crippen molar-refractivity contribution in [1.82, 2.24) is 10.3 Å². The van der Waals surface area contributed by atoms with Crippen LogP contribution in [0.1, 0.15) is 31.5 Å². The summed E-state index contributed by atoms with van der Waals surface area (Å²) in [6.07, 6.45) is 2.18. The first-order valence-electron chi connectivity index (χ1n) is 9.83. The number of nitrogens with zero attached hydrogens (tertiary/aromatic N) is 1. The van der Waals surface area contributed by atoms with Crippen LogP contribution in [-0.4, -0.2) is 23.3 Å². The first-order chi connectivity index (χ1) is 15.1. The number of carbonyl (C=O) groups is 2. The Morgan fingerprint density at radius 1 is 1.00 bits per heavy atom. The van der Waals surface area contributed by atoms with Crippen LogP contribution in [0.2, 0.25) is 0 Å². The van der Waals surface area contributed by atoms with Crippen LogP contribution >= 0.6 is 11.3 Å². The first kappa shape index (κ1) is 20.6. The quantitative estimate of drug-likeness (QED) is 0.434. The Labute approximate surface area is 184 Å². The maximum absolute atomic E-state index is 12.4. The molecule has 0 spiro atoms. The van der Waals surface area contributed by atoms with Gasteiger partial charge in [-0.15, -0.1) is 11.3 Å². The molecular formula is C24H21N3O3S. The Morgan fingerprint density at radius 2 is 1.77 bits per heavy atom. The molecule has 156 valence electrons. The topological polar surface area (TPSA) is 84.2 Å². The number of aryl methyl sites for hydroxylation is 1. The smallest absolute Gasteiger partial charge is 0.291 e. The van der Waals surface area contributed by atoms with E-state index in [4.69, 9.17) is 4.42 Å². The van der Waals surface area contributed by atoms with Crippen molar-refractivity contribution in [2.75, 3.05) is 11.9 Å². The minimum Gasteiger partial charge on any atom is -0.459 e. The van der Waals surface area contributed by atoms with E-state index in [0.29, 0.717) is 17.8 Å². The van der Waals surface area contributed by atoms with Gasteiger partial charge in [-0.2, -0.15) is 0 Å². The highest BCUT2D eigenvalue weighted by molar-refractivity contribution is 7.09. The average Bonchev–Trinajstić information content (AvgIpc) is 3.47. The molecule has 0 radical (unpaired) electrons. The molecule has 2 amide bonds. The van der Waals surface area contributed by atoms with Crippen LogP contribution in [0.25, 0.3) is 11.3 Å². The molecule has 7 heteroatoms. The number of amides is 2. The molecule has 2 N–H and O–H groups in total. The zero-order valence-corrected chi connectivity index (χ0v) is 17.7. The molecular weight excluding hydrogens is 410 g/mol. The van der Waals surface area contributed by atoms with Crippen LogP contribution in [0.15, 0.2) is 76.7 Å². The van der Waals surface area contributed by atoms with Crippen LogP contribution < -0.4 is 10.6 Å². The van der Waals surface area contributed by atoms with Gasteiger partial charge in [-0.05, 0) is 55.3 Å². The van der Waals surface area contributed by atoms with E-state index < -0.39 is 0 Å². The number of benzene rings is 2. The van der Waals surface area contributed by atoms with Crippen LogP contribution in [0.4, 0.5) is 5.69 Å². The van der Waals surface area contributed by atoms with Crippen molar-refractivity contribution in [3.8, 4) is 11.3 Å². The summed E-state index contributed by atoms with van der Waals surface area (Å²) < 4.78 is 5.06. The lowest BCUT2D eigenvalue weighted by atomic mass is 10.1. The van der Waals surface area contributed by atoms with Crippen molar-refractivity contribution in [3.63, 3.8) is 0 Å². The number of hydrogen-bond acceptors (Lipinski definition) is 5. The van der Waals surface area contributed by atoms with Crippen LogP contribution in [-0.2, 0) is 6.42 Å². The third-order valence-corrected chi connectivity index (χ3v) is 5.49. The number of furan rings is 1. The summed E-state index contributed by atoms with van der Waals surface area (Å²) in [6.45, 7) is 2.53. The predicted molar refractivity (Wildman–Crippen MR) is 121 cm³/mol. The van der Waals surface area contributed by atoms with Gasteiger partial charge >= 0.3 is 0 Å². The van der Waals surface area contributed by atoms with Gasteiger partial charge in [0.15, 0.2) is 5.76 Å². The number of rotatable bonds is 7. The van der Waals surface area contributed by atoms with E-state index >= 15 is 0 Å². The highest BCUT2D eigenvalue weighted by Gasteiger charge is 2.10. The van der Waals surface area contributed by atoms with Crippen molar-refractivity contribution in [2.24, 2.45) is 0 Å². The molecule has 6 nitrogen and oxygen atoms in total. The summed E-state index contributed by atoms with van der Waals surface area (Å²) in [5, 5.41) is 8.76. The Morgan fingerprint density at radius 3 is 2.42 bits per heavy atom. The molecule has 0 fully saturated rings. The Bertz CT molecular complexity index is 1160. The molecule has 0 saturated carbocycles. The maximum atomic E-state index is 12.4. The third kappa shape index (κ3) is 5.26. The lowest BCUT2D eigenvalue weighted by Gasteiger charge is -2.08. The molecule has 31 heavy (non-hydrogen) atoms. The normalized spacial score (nSPS) is 10.6. The van der Waals surface area contributed by atoms with E-state index in [1.807, 2.05) is 6.92 Å². The summed E-state index contributed by atoms with van der Waals surface area (Å²) in [5.41, 5.74) is 4.35. The lowest BCUT2D eigenvalue weighted by Crippen LogP contribution is -2.25. The highest BCUT2D eigenvalue weighted by Crippen LogP contribution is 2.22. The molecule has 0 saturated heterocycles. The molecule has 4 rings (SSSR count). The van der Waals surface area contributed by atoms with Crippen LogP contribution in [0.5, 0.6) is 0 Å². The van der Waals surface area contributed by atoms with E-state index in [-0.39, 0.29) is 17.6 Å². The Balaban J connectivity index is 1.26. The largest absolute Gasteiger partial charge is 0.459 e. The summed E-state index contributed by atoms with van der Waals surface area (Å²) in [5.74, 6) is -0.256. The molecule has 2 aromatic carbocycles. The number of hydrogen-bond donors (Lipinski definition) is 2. The molecule has 0 aliphatic carbocycles. The minimum atomic E-state index is -0.335. The van der Waals surface area contributed by atoms with Crippen molar-refractivity contribution in [1.29, 1.82) is 0 Å². The highest BCUT2D eigenvalue weighted by atomic mass is 32.1. The summed E-state index contributed by atoms with van der Waals surface area (Å²) >= 11 is 1.64. The molecule has 4 aromatic rings. The van der Waals surface area contributed by atoms with Gasteiger partial charge in [-0.3, -0.25) is 9.59 Å². The van der Waals surface area contributed by atoms with Gasteiger partial charge in [0.05, 0.1) is 17.0 Å². The zero-order valence-electron chi connectivity index (χ0n) is 16.9. The number of thiazole rings is 1. The fraction of sp³-hybridized carbons (Fsp3) is 0.125. The van der Waals surface area contributed by atoms with E-state index in [9.17, 15) is 9.59 Å². The van der Waals surface area contributed by atoms with Gasteiger partial charge in [-0.25, -0.2) is 4.98 Å². The van der Waals surface area contributed by atoms with E-state index in [2.05, 4.69) is 45.3 Å². The van der Waals surface area contributed by atoms with E-state index in [0.717, 1.165) is 28.2 Å². The van der Waals surface area contributed by atoms with Crippen LogP contribution in [0.3, 0.4) is 0 Å². The number of aromatic nitrogens is 1. The first-order valence-corrected chi connectivity index (χ1v) is 10.7. The standard InChI is InChI=1S/C24H21N3O3S/c1-16-26-21(15-31-16)18-6-4-17(5-7-18)12-13-25-23(28)19-8-10-20(11-9-19)27-24(29)22-3-2-14-30-22/h2-11,14-15H,12-13H2,1H3,(H,25,28)(H,27,29). The molecule has 2 heterocycles. The van der Waals surface area contributed by atoms with Crippen molar-refractivity contribution in [2.45, 2.75) is 13.3 Å². The fourth-order valence-electron chi connectivity index (χ4n) is 3.07. The second kappa shape index (κ2) is 9.40. The SMILES string of the molecule is Cc1nc(-c2ccc(CCNC(=O)c3ccc(NC(=O)c4ccco4)cc3)cc2)cs1. The molecule has 0 unspecified atom stereocenters. The monoisotopic (exact) mass is 431 g/mol. The molecule has 2 aromatic heterocycles. The Kier molecular flexibility index (Phi) is 6.24. The second-order valence-corrected chi connectivity index (χ2v) is 8.03. The third-order valence-electron chi connectivity index (χ3n) is 4.72. The number of nitrogens with one attached hydrogen (secondary N) is 2. The average molecular weight is 432 g/mol. The number of anilines is 1. The zero-order chi connectivity index (χ0) is 21.6. The van der Waals surface area contributed by atoms with E-state index in [1.165, 1.54) is 6.26 Å². The Hall–Kier alpha value is -3.71. The van der Waals surface area contributed by atoms with Gasteiger partial charge < -0.3 is 15.1 Å². The van der Waals surface area contributed by atoms with Crippen molar-refractivity contribution < 1.29 is 14.0 Å². The predicted octanol–water partition coefficient (Wildman–Crippen LogP) is 4.94. The van der Waals surface area contributed by atoms with Gasteiger partial charge in [0.1, 0.15) is 0 Å². The van der Waals surface area contributed by atoms with Gasteiger partial charge in [0, 0.05) is 28.7 Å². The maximum Gasteiger partial charge on any atom is 0.291 e. The fourth-order valence-corrected chi connectivity index (χ4v) is 3.69. The summed E-state index contributed by atoms with van der Waals surface area (Å²) in [7, 11) is 0. The molecule has 0 bridgehead atoms. The molecule has 0 aliphatic heterocycles. The number of carbonyl (C=O) groups excluding carboxylic acids is 2. The van der Waals surface area contributed by atoms with Gasteiger partial charge in [0.2, 0.25) is 0 Å². The van der Waals surface area contributed by atoms with Crippen molar-refractivity contribution >= 4 is 28.8 Å². The second-order valence-electron chi connectivity index (χ2n) is 6.96. The van der Waals surface area contributed by atoms with E-state index in [1.54, 1.807) is 47.7 Å². The minimum absolute atomic E-state index is 0.154.